The molecule has 0 saturated heterocycles. The second-order valence-corrected chi connectivity index (χ2v) is 10.2. The highest BCUT2D eigenvalue weighted by atomic mass is 35.5. The minimum Gasteiger partial charge on any atom is -0.357 e. The predicted octanol–water partition coefficient (Wildman–Crippen LogP) is 3.61. The quantitative estimate of drug-likeness (QED) is 0.518. The van der Waals surface area contributed by atoms with Gasteiger partial charge in [0, 0.05) is 31.6 Å². The Hall–Kier alpha value is -2.58. The highest BCUT2D eigenvalue weighted by Crippen LogP contribution is 2.21. The fourth-order valence-electron chi connectivity index (χ4n) is 3.50. The van der Waals surface area contributed by atoms with Gasteiger partial charge in [-0.05, 0) is 49.1 Å². The summed E-state index contributed by atoms with van der Waals surface area (Å²) in [6.07, 6.45) is 2.41. The summed E-state index contributed by atoms with van der Waals surface area (Å²) in [7, 11) is -2.00. The van der Waals surface area contributed by atoms with Gasteiger partial charge in [0.25, 0.3) is 0 Å². The van der Waals surface area contributed by atoms with Crippen molar-refractivity contribution in [2.75, 3.05) is 24.2 Å². The third-order valence-electron chi connectivity index (χ3n) is 5.50. The van der Waals surface area contributed by atoms with E-state index in [1.54, 1.807) is 31.2 Å². The van der Waals surface area contributed by atoms with Crippen LogP contribution in [0.5, 0.6) is 0 Å². The molecule has 2 rings (SSSR count). The van der Waals surface area contributed by atoms with E-state index in [-0.39, 0.29) is 31.3 Å². The molecule has 0 saturated carbocycles. The van der Waals surface area contributed by atoms with Crippen molar-refractivity contribution in [1.29, 1.82) is 0 Å². The summed E-state index contributed by atoms with van der Waals surface area (Å²) in [6.45, 7) is 4.03. The van der Waals surface area contributed by atoms with Crippen molar-refractivity contribution in [3.63, 3.8) is 0 Å². The van der Waals surface area contributed by atoms with Crippen LogP contribution in [0.3, 0.4) is 0 Å². The predicted molar refractivity (Wildman–Crippen MR) is 133 cm³/mol. The molecule has 0 heterocycles. The molecule has 0 bridgehead atoms. The molecule has 0 spiro atoms. The van der Waals surface area contributed by atoms with Gasteiger partial charge in [-0.1, -0.05) is 48.9 Å². The van der Waals surface area contributed by atoms with Gasteiger partial charge in [-0.15, -0.1) is 0 Å². The normalized spacial score (nSPS) is 12.2. The summed E-state index contributed by atoms with van der Waals surface area (Å²) in [5.41, 5.74) is 2.41. The Morgan fingerprint density at radius 1 is 1.09 bits per heavy atom. The van der Waals surface area contributed by atoms with E-state index in [9.17, 15) is 18.0 Å². The topological polar surface area (TPSA) is 86.8 Å². The first-order valence-electron chi connectivity index (χ1n) is 10.9. The molecule has 2 aromatic carbocycles. The molecular weight excluding hydrogens is 462 g/mol. The summed E-state index contributed by atoms with van der Waals surface area (Å²) >= 11 is 6.26. The van der Waals surface area contributed by atoms with Gasteiger partial charge in [-0.3, -0.25) is 13.9 Å². The van der Waals surface area contributed by atoms with Gasteiger partial charge < -0.3 is 10.2 Å². The molecule has 180 valence electrons. The van der Waals surface area contributed by atoms with Crippen LogP contribution in [0.2, 0.25) is 5.02 Å². The van der Waals surface area contributed by atoms with E-state index in [2.05, 4.69) is 5.32 Å². The Kier molecular flexibility index (Phi) is 9.73. The zero-order valence-corrected chi connectivity index (χ0v) is 21.1. The van der Waals surface area contributed by atoms with Crippen molar-refractivity contribution in [2.24, 2.45) is 0 Å². The van der Waals surface area contributed by atoms with E-state index in [1.165, 1.54) is 16.3 Å². The molecule has 0 radical (unpaired) electrons. The van der Waals surface area contributed by atoms with Gasteiger partial charge in [-0.2, -0.15) is 0 Å². The first-order chi connectivity index (χ1) is 15.6. The molecule has 9 heteroatoms. The van der Waals surface area contributed by atoms with Gasteiger partial charge >= 0.3 is 0 Å². The lowest BCUT2D eigenvalue weighted by molar-refractivity contribution is -0.140. The Bertz CT molecular complexity index is 1060. The highest BCUT2D eigenvalue weighted by molar-refractivity contribution is 7.92. The largest absolute Gasteiger partial charge is 0.357 e. The van der Waals surface area contributed by atoms with Crippen LogP contribution in [0.4, 0.5) is 5.69 Å². The lowest BCUT2D eigenvalue weighted by atomic mass is 10.1. The number of amides is 2. The Morgan fingerprint density at radius 3 is 2.27 bits per heavy atom. The Balaban J connectivity index is 2.14. The summed E-state index contributed by atoms with van der Waals surface area (Å²) in [5.74, 6) is -0.537. The van der Waals surface area contributed by atoms with Crippen molar-refractivity contribution in [2.45, 2.75) is 45.7 Å². The minimum atomic E-state index is -3.52. The molecule has 7 nitrogen and oxygen atoms in total. The van der Waals surface area contributed by atoms with Crippen molar-refractivity contribution in [3.05, 3.63) is 64.7 Å². The van der Waals surface area contributed by atoms with Crippen LogP contribution in [0, 0.1) is 0 Å². The summed E-state index contributed by atoms with van der Waals surface area (Å²) in [6, 6.07) is 13.8. The van der Waals surface area contributed by atoms with Crippen LogP contribution >= 0.6 is 11.6 Å². The standard InChI is InChI=1S/C24H32ClN3O4S/c1-5-19-12-14-21(15-13-19)28(33(4,31)32)16-8-11-23(29)27(18(2)24(30)26-3)17-20-9-6-7-10-22(20)25/h6-7,9-10,12-15,18H,5,8,11,16-17H2,1-4H3,(H,26,30)/t18-/m1/s1. The second-order valence-electron chi connectivity index (χ2n) is 7.86. The highest BCUT2D eigenvalue weighted by Gasteiger charge is 2.26. The van der Waals surface area contributed by atoms with Crippen LogP contribution < -0.4 is 9.62 Å². The number of aryl methyl sites for hydroxylation is 1. The maximum Gasteiger partial charge on any atom is 0.242 e. The number of benzene rings is 2. The van der Waals surface area contributed by atoms with Gasteiger partial charge in [0.1, 0.15) is 6.04 Å². The van der Waals surface area contributed by atoms with Crippen LogP contribution in [0.25, 0.3) is 0 Å². The summed E-state index contributed by atoms with van der Waals surface area (Å²) < 4.78 is 26.1. The number of likely N-dealkylation sites (N-methyl/N-ethyl adjacent to an activating group) is 1. The van der Waals surface area contributed by atoms with Crippen LogP contribution in [0.15, 0.2) is 48.5 Å². The maximum absolute atomic E-state index is 13.1. The van der Waals surface area contributed by atoms with Crippen LogP contribution in [-0.2, 0) is 32.6 Å². The number of nitrogens with one attached hydrogen (secondary N) is 1. The molecular formula is C24H32ClN3O4S. The van der Waals surface area contributed by atoms with E-state index < -0.39 is 16.1 Å². The van der Waals surface area contributed by atoms with E-state index >= 15 is 0 Å². The number of rotatable bonds is 11. The van der Waals surface area contributed by atoms with Gasteiger partial charge in [0.15, 0.2) is 0 Å². The molecule has 0 aliphatic rings. The van der Waals surface area contributed by atoms with Gasteiger partial charge in [0.05, 0.1) is 11.9 Å². The minimum absolute atomic E-state index is 0.0881. The first-order valence-corrected chi connectivity index (χ1v) is 13.1. The molecule has 0 aliphatic heterocycles. The zero-order valence-electron chi connectivity index (χ0n) is 19.5. The van der Waals surface area contributed by atoms with E-state index in [0.717, 1.165) is 23.8 Å². The lowest BCUT2D eigenvalue weighted by Crippen LogP contribution is -2.46. The fraction of sp³-hybridized carbons (Fsp3) is 0.417. The molecule has 1 N–H and O–H groups in total. The molecule has 0 fully saturated rings. The second kappa shape index (κ2) is 12.0. The van der Waals surface area contributed by atoms with E-state index in [0.29, 0.717) is 17.1 Å². The number of anilines is 1. The molecule has 0 aliphatic carbocycles. The first kappa shape index (κ1) is 26.7. The number of sulfonamides is 1. The van der Waals surface area contributed by atoms with Crippen LogP contribution in [-0.4, -0.2) is 51.0 Å². The SMILES string of the molecule is CCc1ccc(N(CCCC(=O)N(Cc2ccccc2Cl)[C@H](C)C(=O)NC)S(C)(=O)=O)cc1. The van der Waals surface area contributed by atoms with Crippen molar-refractivity contribution in [1.82, 2.24) is 10.2 Å². The Labute approximate surface area is 201 Å². The van der Waals surface area contributed by atoms with Gasteiger partial charge in [-0.25, -0.2) is 8.42 Å². The number of hydrogen-bond acceptors (Lipinski definition) is 4. The molecule has 0 unspecified atom stereocenters. The van der Waals surface area contributed by atoms with E-state index in [1.807, 2.05) is 31.2 Å². The number of carbonyl (C=O) groups is 2. The van der Waals surface area contributed by atoms with Gasteiger partial charge in [0.2, 0.25) is 21.8 Å². The molecule has 33 heavy (non-hydrogen) atoms. The van der Waals surface area contributed by atoms with E-state index in [4.69, 9.17) is 11.6 Å². The average Bonchev–Trinajstić information content (AvgIpc) is 2.79. The lowest BCUT2D eigenvalue weighted by Gasteiger charge is -2.29. The summed E-state index contributed by atoms with van der Waals surface area (Å²) in [4.78, 5) is 26.8. The molecule has 1 atom stereocenters. The third-order valence-corrected chi connectivity index (χ3v) is 7.06. The number of halogens is 1. The van der Waals surface area contributed by atoms with Crippen LogP contribution in [0.1, 0.15) is 37.8 Å². The Morgan fingerprint density at radius 2 is 1.73 bits per heavy atom. The molecule has 2 amide bonds. The smallest absolute Gasteiger partial charge is 0.242 e. The van der Waals surface area contributed by atoms with Crippen molar-refractivity contribution in [3.8, 4) is 0 Å². The number of nitrogens with zero attached hydrogens (tertiary/aromatic N) is 2. The average molecular weight is 494 g/mol. The van der Waals surface area contributed by atoms with Crippen molar-refractivity contribution < 1.29 is 18.0 Å². The molecule has 0 aromatic heterocycles. The number of hydrogen-bond donors (Lipinski definition) is 1. The third kappa shape index (κ3) is 7.47. The molecule has 2 aromatic rings. The zero-order chi connectivity index (χ0) is 24.6. The monoisotopic (exact) mass is 493 g/mol. The fourth-order valence-corrected chi connectivity index (χ4v) is 4.66. The maximum atomic E-state index is 13.1. The number of carbonyl (C=O) groups excluding carboxylic acids is 2. The van der Waals surface area contributed by atoms with Crippen molar-refractivity contribution >= 4 is 39.1 Å². The summed E-state index contributed by atoms with van der Waals surface area (Å²) in [5, 5.41) is 3.08.